The molecule has 0 radical (unpaired) electrons. The van der Waals surface area contributed by atoms with Crippen LogP contribution in [0, 0.1) is 6.92 Å². The summed E-state index contributed by atoms with van der Waals surface area (Å²) in [7, 11) is 3.20. The second kappa shape index (κ2) is 9.47. The van der Waals surface area contributed by atoms with Crippen LogP contribution >= 0.6 is 11.8 Å². The maximum Gasteiger partial charge on any atom is 0.277 e. The smallest absolute Gasteiger partial charge is 0.277 e. The summed E-state index contributed by atoms with van der Waals surface area (Å²) >= 11 is 1.21. The highest BCUT2D eigenvalue weighted by atomic mass is 32.2. The van der Waals surface area contributed by atoms with Crippen LogP contribution in [0.4, 0.5) is 5.69 Å². The number of anilines is 1. The molecule has 1 atom stereocenters. The molecule has 1 heterocycles. The fourth-order valence-electron chi connectivity index (χ4n) is 2.63. The molecule has 0 spiro atoms. The molecule has 0 bridgehead atoms. The average molecular weight is 413 g/mol. The van der Waals surface area contributed by atoms with Crippen molar-refractivity contribution in [1.82, 2.24) is 10.2 Å². The van der Waals surface area contributed by atoms with Crippen LogP contribution in [0.25, 0.3) is 0 Å². The van der Waals surface area contributed by atoms with Crippen molar-refractivity contribution < 1.29 is 18.7 Å². The number of rotatable bonds is 8. The zero-order valence-corrected chi connectivity index (χ0v) is 17.6. The molecule has 1 N–H and O–H groups in total. The lowest BCUT2D eigenvalue weighted by molar-refractivity contribution is -0.115. The van der Waals surface area contributed by atoms with Gasteiger partial charge in [0.15, 0.2) is 0 Å². The highest BCUT2D eigenvalue weighted by Gasteiger charge is 2.20. The fraction of sp³-hybridized carbons (Fsp3) is 0.286. The summed E-state index contributed by atoms with van der Waals surface area (Å²) in [6.45, 7) is 3.74. The van der Waals surface area contributed by atoms with E-state index in [1.165, 1.54) is 11.8 Å². The van der Waals surface area contributed by atoms with Gasteiger partial charge in [0, 0.05) is 0 Å². The Balaban J connectivity index is 1.60. The monoisotopic (exact) mass is 413 g/mol. The van der Waals surface area contributed by atoms with E-state index in [1.807, 2.05) is 49.4 Å². The maximum atomic E-state index is 12.6. The second-order valence-electron chi connectivity index (χ2n) is 6.44. The van der Waals surface area contributed by atoms with Crippen molar-refractivity contribution in [2.24, 2.45) is 0 Å². The number of hydrogen-bond donors (Lipinski definition) is 1. The third-order valence-corrected chi connectivity index (χ3v) is 5.16. The highest BCUT2D eigenvalue weighted by Crippen LogP contribution is 2.28. The zero-order chi connectivity index (χ0) is 20.8. The number of aromatic nitrogens is 2. The molecule has 0 aliphatic carbocycles. The van der Waals surface area contributed by atoms with Crippen LogP contribution in [0.1, 0.15) is 23.9 Å². The van der Waals surface area contributed by atoms with E-state index in [2.05, 4.69) is 15.5 Å². The van der Waals surface area contributed by atoms with Crippen molar-refractivity contribution >= 4 is 23.4 Å². The molecule has 3 rings (SSSR count). The van der Waals surface area contributed by atoms with Crippen molar-refractivity contribution in [3.63, 3.8) is 0 Å². The number of hydrogen-bond acceptors (Lipinski definition) is 7. The van der Waals surface area contributed by atoms with Gasteiger partial charge in [-0.1, -0.05) is 30.0 Å². The molecule has 0 saturated carbocycles. The molecule has 0 unspecified atom stereocenters. The van der Waals surface area contributed by atoms with E-state index in [9.17, 15) is 4.79 Å². The molecule has 2 aromatic carbocycles. The fourth-order valence-corrected chi connectivity index (χ4v) is 3.33. The molecule has 1 amide bonds. The number of carbonyl (C=O) groups is 1. The molecule has 152 valence electrons. The van der Waals surface area contributed by atoms with Crippen LogP contribution in [0.15, 0.2) is 52.1 Å². The van der Waals surface area contributed by atoms with Gasteiger partial charge in [-0.05, 0) is 49.2 Å². The van der Waals surface area contributed by atoms with Gasteiger partial charge < -0.3 is 19.2 Å². The summed E-state index contributed by atoms with van der Waals surface area (Å²) in [5.41, 5.74) is 2.69. The number of amides is 1. The molecule has 7 nitrogen and oxygen atoms in total. The van der Waals surface area contributed by atoms with E-state index in [-0.39, 0.29) is 5.91 Å². The quantitative estimate of drug-likeness (QED) is 0.556. The van der Waals surface area contributed by atoms with Gasteiger partial charge in [-0.3, -0.25) is 4.79 Å². The van der Waals surface area contributed by atoms with Crippen molar-refractivity contribution in [2.75, 3.05) is 19.5 Å². The van der Waals surface area contributed by atoms with Gasteiger partial charge in [0.25, 0.3) is 5.22 Å². The van der Waals surface area contributed by atoms with Crippen LogP contribution in [-0.4, -0.2) is 35.6 Å². The van der Waals surface area contributed by atoms with Crippen molar-refractivity contribution in [1.29, 1.82) is 0 Å². The first-order valence-electron chi connectivity index (χ1n) is 9.06. The minimum Gasteiger partial charge on any atom is -0.497 e. The van der Waals surface area contributed by atoms with Gasteiger partial charge in [-0.2, -0.15) is 0 Å². The zero-order valence-electron chi connectivity index (χ0n) is 16.8. The Morgan fingerprint density at radius 1 is 1.14 bits per heavy atom. The normalized spacial score (nSPS) is 11.7. The summed E-state index contributed by atoms with van der Waals surface area (Å²) in [4.78, 5) is 12.6. The second-order valence-corrected chi connectivity index (χ2v) is 7.73. The van der Waals surface area contributed by atoms with Gasteiger partial charge in [0.05, 0.1) is 31.6 Å². The Kier molecular flexibility index (Phi) is 6.77. The van der Waals surface area contributed by atoms with Crippen molar-refractivity contribution in [2.45, 2.75) is 30.7 Å². The van der Waals surface area contributed by atoms with Crippen LogP contribution in [0.2, 0.25) is 0 Å². The predicted octanol–water partition coefficient (Wildman–Crippen LogP) is 4.11. The minimum atomic E-state index is -0.422. The topological polar surface area (TPSA) is 86.5 Å². The van der Waals surface area contributed by atoms with E-state index >= 15 is 0 Å². The van der Waals surface area contributed by atoms with E-state index in [4.69, 9.17) is 13.9 Å². The third-order valence-electron chi connectivity index (χ3n) is 4.22. The van der Waals surface area contributed by atoms with Crippen LogP contribution in [0.3, 0.4) is 0 Å². The number of benzene rings is 2. The number of carbonyl (C=O) groups excluding carboxylic acids is 1. The Morgan fingerprint density at radius 3 is 2.59 bits per heavy atom. The summed E-state index contributed by atoms with van der Waals surface area (Å²) in [6, 6.07) is 13.3. The molecule has 1 aromatic heterocycles. The predicted molar refractivity (Wildman–Crippen MR) is 112 cm³/mol. The Bertz CT molecular complexity index is 972. The Hall–Kier alpha value is -3.00. The summed E-state index contributed by atoms with van der Waals surface area (Å²) < 4.78 is 16.1. The van der Waals surface area contributed by atoms with Gasteiger partial charge in [-0.15, -0.1) is 10.2 Å². The molecule has 0 aliphatic rings. The molecule has 8 heteroatoms. The summed E-state index contributed by atoms with van der Waals surface area (Å²) in [5.74, 6) is 1.72. The summed E-state index contributed by atoms with van der Waals surface area (Å²) in [5, 5.41) is 10.9. The molecule has 0 saturated heterocycles. The number of thioether (sulfide) groups is 1. The van der Waals surface area contributed by atoms with Gasteiger partial charge in [-0.25, -0.2) is 0 Å². The number of nitrogens with zero attached hydrogens (tertiary/aromatic N) is 2. The number of nitrogens with one attached hydrogen (secondary N) is 1. The lowest BCUT2D eigenvalue weighted by Crippen LogP contribution is -2.22. The standard InChI is InChI=1S/C21H23N3O4S/c1-13-5-10-18(27-4)17(11-13)22-20(25)14(2)29-21-24-23-19(28-21)12-15-6-8-16(26-3)9-7-15/h5-11,14H,12H2,1-4H3,(H,22,25)/t14-/m1/s1. The first-order valence-corrected chi connectivity index (χ1v) is 9.94. The molecular formula is C21H23N3O4S. The molecule has 29 heavy (non-hydrogen) atoms. The Labute approximate surface area is 173 Å². The lowest BCUT2D eigenvalue weighted by atomic mass is 10.1. The Morgan fingerprint density at radius 2 is 1.90 bits per heavy atom. The highest BCUT2D eigenvalue weighted by molar-refractivity contribution is 8.00. The molecule has 0 fully saturated rings. The van der Waals surface area contributed by atoms with Crippen molar-refractivity contribution in [3.05, 3.63) is 59.5 Å². The van der Waals surface area contributed by atoms with Crippen LogP contribution < -0.4 is 14.8 Å². The summed E-state index contributed by atoms with van der Waals surface area (Å²) in [6.07, 6.45) is 0.513. The lowest BCUT2D eigenvalue weighted by Gasteiger charge is -2.13. The largest absolute Gasteiger partial charge is 0.497 e. The minimum absolute atomic E-state index is 0.172. The number of methoxy groups -OCH3 is 2. The SMILES string of the molecule is COc1ccc(Cc2nnc(S[C@H](C)C(=O)Nc3cc(C)ccc3OC)o2)cc1. The first-order chi connectivity index (χ1) is 14.0. The molecular weight excluding hydrogens is 390 g/mol. The van der Waals surface area contributed by atoms with E-state index in [1.54, 1.807) is 21.1 Å². The van der Waals surface area contributed by atoms with Crippen LogP contribution in [-0.2, 0) is 11.2 Å². The van der Waals surface area contributed by atoms with Crippen LogP contribution in [0.5, 0.6) is 11.5 Å². The van der Waals surface area contributed by atoms with E-state index in [0.717, 1.165) is 16.9 Å². The van der Waals surface area contributed by atoms with Gasteiger partial charge in [0.1, 0.15) is 11.5 Å². The van der Waals surface area contributed by atoms with Gasteiger partial charge in [0.2, 0.25) is 11.8 Å². The van der Waals surface area contributed by atoms with E-state index < -0.39 is 5.25 Å². The maximum absolute atomic E-state index is 12.6. The average Bonchev–Trinajstić information content (AvgIpc) is 3.15. The van der Waals surface area contributed by atoms with Gasteiger partial charge >= 0.3 is 0 Å². The molecule has 3 aromatic rings. The van der Waals surface area contributed by atoms with E-state index in [0.29, 0.717) is 29.0 Å². The van der Waals surface area contributed by atoms with Crippen molar-refractivity contribution in [3.8, 4) is 11.5 Å². The first kappa shape index (κ1) is 20.7. The number of ether oxygens (including phenoxy) is 2. The molecule has 0 aliphatic heterocycles. The number of aryl methyl sites for hydroxylation is 1. The third kappa shape index (κ3) is 5.51.